The van der Waals surface area contributed by atoms with Crippen molar-refractivity contribution in [2.75, 3.05) is 0 Å². The van der Waals surface area contributed by atoms with Gasteiger partial charge in [-0.3, -0.25) is 4.79 Å². The molecule has 1 heterocycles. The Morgan fingerprint density at radius 2 is 2.00 bits per heavy atom. The zero-order valence-electron chi connectivity index (χ0n) is 11.7. The predicted molar refractivity (Wildman–Crippen MR) is 77.8 cm³/mol. The van der Waals surface area contributed by atoms with Crippen molar-refractivity contribution in [3.8, 4) is 5.75 Å². The summed E-state index contributed by atoms with van der Waals surface area (Å²) in [4.78, 5) is 14.5. The first kappa shape index (κ1) is 14.9. The molecular weight excluding hydrogens is 242 g/mol. The van der Waals surface area contributed by atoms with Gasteiger partial charge in [0.05, 0.1) is 11.2 Å². The van der Waals surface area contributed by atoms with Gasteiger partial charge in [0.1, 0.15) is 0 Å². The van der Waals surface area contributed by atoms with Crippen LogP contribution in [-0.4, -0.2) is 15.6 Å². The van der Waals surface area contributed by atoms with Crippen LogP contribution < -0.4 is 5.56 Å². The lowest BCUT2D eigenvalue weighted by Crippen LogP contribution is -2.11. The molecule has 19 heavy (non-hydrogen) atoms. The van der Waals surface area contributed by atoms with Gasteiger partial charge in [0.25, 0.3) is 5.56 Å². The average molecular weight is 261 g/mol. The van der Waals surface area contributed by atoms with E-state index in [1.165, 1.54) is 6.08 Å². The third kappa shape index (κ3) is 3.64. The van der Waals surface area contributed by atoms with Crippen molar-refractivity contribution in [2.24, 2.45) is 10.2 Å². The molecule has 0 aliphatic heterocycles. The van der Waals surface area contributed by atoms with Crippen LogP contribution in [0.25, 0.3) is 12.2 Å². The van der Waals surface area contributed by atoms with Crippen molar-refractivity contribution >= 4 is 17.8 Å². The van der Waals surface area contributed by atoms with Crippen LogP contribution in [0.3, 0.4) is 0 Å². The smallest absolute Gasteiger partial charge is 0.280 e. The maximum absolute atomic E-state index is 11.9. The summed E-state index contributed by atoms with van der Waals surface area (Å²) in [7, 11) is 0. The van der Waals surface area contributed by atoms with Crippen molar-refractivity contribution in [1.82, 2.24) is 4.98 Å². The first-order valence-corrected chi connectivity index (χ1v) is 5.97. The average Bonchev–Trinajstić information content (AvgIpc) is 2.27. The summed E-state index contributed by atoms with van der Waals surface area (Å²) in [6.07, 6.45) is 4.91. The second-order valence-electron chi connectivity index (χ2n) is 5.05. The molecule has 1 rings (SSSR count). The van der Waals surface area contributed by atoms with Gasteiger partial charge in [-0.2, -0.15) is 5.11 Å². The zero-order valence-corrected chi connectivity index (χ0v) is 11.7. The van der Waals surface area contributed by atoms with E-state index in [0.717, 1.165) is 0 Å². The molecule has 0 atom stereocenters. The van der Waals surface area contributed by atoms with Gasteiger partial charge < -0.3 is 10.1 Å². The summed E-state index contributed by atoms with van der Waals surface area (Å²) >= 11 is 0. The quantitative estimate of drug-likeness (QED) is 0.815. The molecule has 0 fully saturated rings. The van der Waals surface area contributed by atoms with Gasteiger partial charge in [0, 0.05) is 5.56 Å². The number of pyridine rings is 1. The van der Waals surface area contributed by atoms with Gasteiger partial charge in [0.2, 0.25) is 0 Å². The van der Waals surface area contributed by atoms with Crippen LogP contribution in [0.1, 0.15) is 39.0 Å². The molecule has 0 radical (unpaired) electrons. The number of hydrogen-bond donors (Lipinski definition) is 2. The normalized spacial score (nSPS) is 12.4. The summed E-state index contributed by atoms with van der Waals surface area (Å²) in [5, 5.41) is 17.9. The molecular formula is C14H19N3O2. The van der Waals surface area contributed by atoms with Crippen LogP contribution in [0.2, 0.25) is 0 Å². The Labute approximate surface area is 112 Å². The molecule has 1 aromatic rings. The number of aromatic hydroxyl groups is 1. The highest BCUT2D eigenvalue weighted by molar-refractivity contribution is 5.71. The fourth-order valence-corrected chi connectivity index (χ4v) is 1.41. The Morgan fingerprint density at radius 1 is 1.37 bits per heavy atom. The van der Waals surface area contributed by atoms with E-state index in [1.54, 1.807) is 12.2 Å². The lowest BCUT2D eigenvalue weighted by atomic mass is 10.1. The zero-order chi connectivity index (χ0) is 14.6. The van der Waals surface area contributed by atoms with E-state index in [1.807, 2.05) is 27.7 Å². The highest BCUT2D eigenvalue weighted by Gasteiger charge is 2.15. The molecule has 0 spiro atoms. The molecule has 0 saturated carbocycles. The molecule has 0 aliphatic rings. The van der Waals surface area contributed by atoms with E-state index >= 15 is 0 Å². The fourth-order valence-electron chi connectivity index (χ4n) is 1.41. The van der Waals surface area contributed by atoms with Gasteiger partial charge in [-0.1, -0.05) is 18.7 Å². The fraction of sp³-hybridized carbons (Fsp3) is 0.357. The second kappa shape index (κ2) is 5.65. The largest absolute Gasteiger partial charge is 0.505 e. The Morgan fingerprint density at radius 3 is 2.47 bits per heavy atom. The van der Waals surface area contributed by atoms with E-state index in [4.69, 9.17) is 0 Å². The van der Waals surface area contributed by atoms with E-state index in [-0.39, 0.29) is 11.4 Å². The number of aromatic amines is 1. The highest BCUT2D eigenvalue weighted by atomic mass is 16.3. The molecule has 0 amide bonds. The lowest BCUT2D eigenvalue weighted by molar-refractivity contribution is 0.471. The Hall–Kier alpha value is -2.17. The van der Waals surface area contributed by atoms with Crippen molar-refractivity contribution in [3.05, 3.63) is 34.3 Å². The Balaban J connectivity index is 3.48. The molecule has 0 bridgehead atoms. The molecule has 102 valence electrons. The number of rotatable bonds is 3. The first-order chi connectivity index (χ1) is 8.80. The number of nitrogens with zero attached hydrogens (tertiary/aromatic N) is 2. The van der Waals surface area contributed by atoms with E-state index in [2.05, 4.69) is 21.8 Å². The summed E-state index contributed by atoms with van der Waals surface area (Å²) in [5.41, 5.74) is -0.0765. The van der Waals surface area contributed by atoms with Gasteiger partial charge in [-0.15, -0.1) is 5.11 Å². The number of allylic oxidation sites excluding steroid dienone is 1. The Kier molecular flexibility index (Phi) is 4.43. The molecule has 0 aromatic carbocycles. The van der Waals surface area contributed by atoms with Crippen molar-refractivity contribution in [2.45, 2.75) is 33.2 Å². The second-order valence-corrected chi connectivity index (χ2v) is 5.05. The number of hydrogen-bond acceptors (Lipinski definition) is 4. The van der Waals surface area contributed by atoms with Crippen LogP contribution in [0.5, 0.6) is 5.75 Å². The van der Waals surface area contributed by atoms with Crippen LogP contribution in [0, 0.1) is 0 Å². The number of aromatic nitrogens is 1. The van der Waals surface area contributed by atoms with Crippen molar-refractivity contribution in [1.29, 1.82) is 0 Å². The topological polar surface area (TPSA) is 77.8 Å². The van der Waals surface area contributed by atoms with E-state index in [0.29, 0.717) is 11.3 Å². The summed E-state index contributed by atoms with van der Waals surface area (Å²) in [6, 6.07) is 0. The maximum Gasteiger partial charge on any atom is 0.280 e. The standard InChI is InChI=1S/C14H19N3O2/c1-6-8-10-9(7-2)12(18)11(13(19)15-10)16-17-14(3,4)5/h6-8H,2H2,1,3-5H3,(H2,15,18,19)/b8-6-,17-16?. The molecule has 5 nitrogen and oxygen atoms in total. The van der Waals surface area contributed by atoms with Gasteiger partial charge in [-0.25, -0.2) is 0 Å². The van der Waals surface area contributed by atoms with Crippen LogP contribution in [-0.2, 0) is 0 Å². The van der Waals surface area contributed by atoms with Crippen LogP contribution in [0.4, 0.5) is 5.69 Å². The predicted octanol–water partition coefficient (Wildman–Crippen LogP) is 3.64. The number of H-pyrrole nitrogens is 1. The van der Waals surface area contributed by atoms with Crippen LogP contribution >= 0.6 is 0 Å². The Bertz CT molecular complexity index is 590. The minimum Gasteiger partial charge on any atom is -0.505 e. The van der Waals surface area contributed by atoms with Crippen molar-refractivity contribution in [3.63, 3.8) is 0 Å². The molecule has 1 aromatic heterocycles. The summed E-state index contributed by atoms with van der Waals surface area (Å²) in [6.45, 7) is 11.0. The molecule has 2 N–H and O–H groups in total. The van der Waals surface area contributed by atoms with E-state index < -0.39 is 11.1 Å². The monoisotopic (exact) mass is 261 g/mol. The highest BCUT2D eigenvalue weighted by Crippen LogP contribution is 2.30. The maximum atomic E-state index is 11.9. The minimum atomic E-state index is -0.482. The first-order valence-electron chi connectivity index (χ1n) is 5.97. The summed E-state index contributed by atoms with van der Waals surface area (Å²) < 4.78 is 0. The molecule has 5 heteroatoms. The summed E-state index contributed by atoms with van der Waals surface area (Å²) in [5.74, 6) is -0.208. The van der Waals surface area contributed by atoms with Gasteiger partial charge >= 0.3 is 0 Å². The lowest BCUT2D eigenvalue weighted by Gasteiger charge is -2.10. The molecule has 0 aliphatic carbocycles. The van der Waals surface area contributed by atoms with Gasteiger partial charge in [-0.05, 0) is 33.8 Å². The molecule has 0 unspecified atom stereocenters. The molecule has 0 saturated heterocycles. The number of azo groups is 1. The third-order valence-electron chi connectivity index (χ3n) is 2.22. The number of nitrogens with one attached hydrogen (secondary N) is 1. The van der Waals surface area contributed by atoms with Crippen molar-refractivity contribution < 1.29 is 5.11 Å². The minimum absolute atomic E-state index is 0.0990. The SMILES string of the molecule is C=Cc1c(/C=C\C)[nH]c(=O)c(N=NC(C)(C)C)c1O. The van der Waals surface area contributed by atoms with E-state index in [9.17, 15) is 9.90 Å². The van der Waals surface area contributed by atoms with Gasteiger partial charge in [0.15, 0.2) is 11.4 Å². The van der Waals surface area contributed by atoms with Crippen LogP contribution in [0.15, 0.2) is 27.7 Å². The third-order valence-corrected chi connectivity index (χ3v) is 2.22.